The van der Waals surface area contributed by atoms with E-state index in [1.54, 1.807) is 21.3 Å². The van der Waals surface area contributed by atoms with Crippen LogP contribution in [0.5, 0.6) is 0 Å². The van der Waals surface area contributed by atoms with Crippen molar-refractivity contribution >= 4 is 8.80 Å². The van der Waals surface area contributed by atoms with Crippen LogP contribution in [-0.2, 0) is 13.3 Å². The first kappa shape index (κ1) is 15.4. The van der Waals surface area contributed by atoms with Crippen molar-refractivity contribution in [2.75, 3.05) is 27.9 Å². The van der Waals surface area contributed by atoms with Crippen molar-refractivity contribution in [1.29, 1.82) is 0 Å². The standard InChI is InChI=1S/C13H25NO3Si/c1-13-9-5-6-10-14(13)11-7-8-12-18(15-2,16-3)17-4/h5-6,9-10,13H,7-8,11-12H2,1-4H3. The van der Waals surface area contributed by atoms with E-state index in [1.165, 1.54) is 0 Å². The molecule has 0 aromatic rings. The Hall–Kier alpha value is -0.623. The average molecular weight is 271 g/mol. The summed E-state index contributed by atoms with van der Waals surface area (Å²) in [6.07, 6.45) is 10.7. The summed E-state index contributed by atoms with van der Waals surface area (Å²) in [6.45, 7) is 3.27. The fourth-order valence-electron chi connectivity index (χ4n) is 2.10. The summed E-state index contributed by atoms with van der Waals surface area (Å²) < 4.78 is 16.2. The van der Waals surface area contributed by atoms with Gasteiger partial charge in [-0.25, -0.2) is 0 Å². The lowest BCUT2D eigenvalue weighted by Gasteiger charge is -2.28. The van der Waals surface area contributed by atoms with E-state index in [-0.39, 0.29) is 0 Å². The zero-order chi connectivity index (χ0) is 13.4. The molecule has 0 spiro atoms. The minimum atomic E-state index is -2.37. The Labute approximate surface area is 112 Å². The second-order valence-corrected chi connectivity index (χ2v) is 7.55. The Kier molecular flexibility index (Phi) is 6.63. The van der Waals surface area contributed by atoms with Gasteiger partial charge in [0.2, 0.25) is 0 Å². The van der Waals surface area contributed by atoms with Gasteiger partial charge in [0.25, 0.3) is 0 Å². The van der Waals surface area contributed by atoms with Gasteiger partial charge in [-0.3, -0.25) is 0 Å². The van der Waals surface area contributed by atoms with Crippen LogP contribution in [0.4, 0.5) is 0 Å². The molecule has 18 heavy (non-hydrogen) atoms. The van der Waals surface area contributed by atoms with Gasteiger partial charge in [-0.1, -0.05) is 12.2 Å². The highest BCUT2D eigenvalue weighted by atomic mass is 28.4. The second kappa shape index (κ2) is 7.73. The molecule has 1 aliphatic heterocycles. The molecule has 1 rings (SSSR count). The van der Waals surface area contributed by atoms with E-state index in [9.17, 15) is 0 Å². The molecule has 0 aliphatic carbocycles. The van der Waals surface area contributed by atoms with Gasteiger partial charge >= 0.3 is 8.80 Å². The molecule has 0 bridgehead atoms. The van der Waals surface area contributed by atoms with Crippen molar-refractivity contribution in [2.24, 2.45) is 0 Å². The number of allylic oxidation sites excluding steroid dienone is 2. The molecule has 4 nitrogen and oxygen atoms in total. The lowest BCUT2D eigenvalue weighted by Crippen LogP contribution is -2.42. The molecule has 0 N–H and O–H groups in total. The summed E-state index contributed by atoms with van der Waals surface area (Å²) >= 11 is 0. The van der Waals surface area contributed by atoms with Gasteiger partial charge in [0.15, 0.2) is 0 Å². The van der Waals surface area contributed by atoms with Crippen molar-refractivity contribution in [2.45, 2.75) is 31.9 Å². The SMILES string of the molecule is CO[Si](CCCCN1C=CC=CC1C)(OC)OC. The first-order valence-electron chi connectivity index (χ1n) is 6.43. The van der Waals surface area contributed by atoms with Gasteiger partial charge in [-0.05, 0) is 32.0 Å². The van der Waals surface area contributed by atoms with E-state index in [0.29, 0.717) is 6.04 Å². The summed E-state index contributed by atoms with van der Waals surface area (Å²) in [5.74, 6) is 0. The maximum Gasteiger partial charge on any atom is 0.500 e. The fourth-order valence-corrected chi connectivity index (χ4v) is 3.90. The third kappa shape index (κ3) is 4.24. The van der Waals surface area contributed by atoms with Gasteiger partial charge < -0.3 is 18.2 Å². The average Bonchev–Trinajstić information content (AvgIpc) is 2.42. The van der Waals surface area contributed by atoms with Gasteiger partial charge in [-0.15, -0.1) is 0 Å². The van der Waals surface area contributed by atoms with Crippen LogP contribution in [0.25, 0.3) is 0 Å². The Morgan fingerprint density at radius 1 is 1.06 bits per heavy atom. The first-order valence-corrected chi connectivity index (χ1v) is 8.37. The summed E-state index contributed by atoms with van der Waals surface area (Å²) in [6, 6.07) is 1.36. The number of rotatable bonds is 8. The molecule has 104 valence electrons. The van der Waals surface area contributed by atoms with E-state index < -0.39 is 8.80 Å². The predicted molar refractivity (Wildman–Crippen MR) is 75.3 cm³/mol. The highest BCUT2D eigenvalue weighted by Gasteiger charge is 2.36. The predicted octanol–water partition coefficient (Wildman–Crippen LogP) is 2.42. The van der Waals surface area contributed by atoms with Crippen LogP contribution in [0.2, 0.25) is 6.04 Å². The number of unbranched alkanes of at least 4 members (excludes halogenated alkanes) is 1. The van der Waals surface area contributed by atoms with Gasteiger partial charge in [-0.2, -0.15) is 0 Å². The van der Waals surface area contributed by atoms with Crippen molar-refractivity contribution in [3.05, 3.63) is 24.4 Å². The molecule has 0 saturated carbocycles. The van der Waals surface area contributed by atoms with Crippen LogP contribution >= 0.6 is 0 Å². The quantitative estimate of drug-likeness (QED) is 0.501. The van der Waals surface area contributed by atoms with Crippen LogP contribution in [-0.4, -0.2) is 47.6 Å². The third-order valence-corrected chi connectivity index (χ3v) is 6.22. The first-order chi connectivity index (χ1) is 8.67. The maximum atomic E-state index is 5.41. The van der Waals surface area contributed by atoms with Gasteiger partial charge in [0.05, 0.1) is 0 Å². The zero-order valence-electron chi connectivity index (χ0n) is 11.9. The molecule has 0 radical (unpaired) electrons. The summed E-state index contributed by atoms with van der Waals surface area (Å²) in [4.78, 5) is 2.34. The molecular formula is C13H25NO3Si. The fraction of sp³-hybridized carbons (Fsp3) is 0.692. The number of hydrogen-bond donors (Lipinski definition) is 0. The summed E-state index contributed by atoms with van der Waals surface area (Å²) in [5.41, 5.74) is 0. The minimum Gasteiger partial charge on any atom is -0.377 e. The Morgan fingerprint density at radius 2 is 1.72 bits per heavy atom. The third-order valence-electron chi connectivity index (χ3n) is 3.38. The van der Waals surface area contributed by atoms with Crippen molar-refractivity contribution < 1.29 is 13.3 Å². The Morgan fingerprint density at radius 3 is 2.28 bits per heavy atom. The monoisotopic (exact) mass is 271 g/mol. The number of nitrogens with zero attached hydrogens (tertiary/aromatic N) is 1. The Bertz CT molecular complexity index is 282. The highest BCUT2D eigenvalue weighted by Crippen LogP contribution is 2.17. The molecular weight excluding hydrogens is 246 g/mol. The van der Waals surface area contributed by atoms with Gasteiger partial charge in [0, 0.05) is 40.0 Å². The molecule has 5 heteroatoms. The summed E-state index contributed by atoms with van der Waals surface area (Å²) in [5, 5.41) is 0. The maximum absolute atomic E-state index is 5.41. The van der Waals surface area contributed by atoms with Crippen molar-refractivity contribution in [3.8, 4) is 0 Å². The molecule has 0 amide bonds. The zero-order valence-corrected chi connectivity index (χ0v) is 12.9. The van der Waals surface area contributed by atoms with Crippen LogP contribution in [0, 0.1) is 0 Å². The van der Waals surface area contributed by atoms with Gasteiger partial charge in [0.1, 0.15) is 0 Å². The van der Waals surface area contributed by atoms with Crippen molar-refractivity contribution in [1.82, 2.24) is 4.90 Å². The van der Waals surface area contributed by atoms with Crippen LogP contribution in [0.1, 0.15) is 19.8 Å². The van der Waals surface area contributed by atoms with E-state index in [2.05, 4.69) is 36.3 Å². The lowest BCUT2D eigenvalue weighted by molar-refractivity contribution is 0.122. The molecule has 1 heterocycles. The van der Waals surface area contributed by atoms with E-state index in [1.807, 2.05) is 0 Å². The molecule has 1 atom stereocenters. The second-order valence-electron chi connectivity index (χ2n) is 4.46. The molecule has 1 unspecified atom stereocenters. The van der Waals surface area contributed by atoms with Crippen LogP contribution in [0.3, 0.4) is 0 Å². The smallest absolute Gasteiger partial charge is 0.377 e. The normalized spacial score (nSPS) is 19.6. The molecule has 0 aromatic carbocycles. The van der Waals surface area contributed by atoms with Crippen molar-refractivity contribution in [3.63, 3.8) is 0 Å². The minimum absolute atomic E-state index is 0.490. The highest BCUT2D eigenvalue weighted by molar-refractivity contribution is 6.60. The van der Waals surface area contributed by atoms with Crippen LogP contribution in [0.15, 0.2) is 24.4 Å². The van der Waals surface area contributed by atoms with E-state index >= 15 is 0 Å². The summed E-state index contributed by atoms with van der Waals surface area (Å²) in [7, 11) is 2.63. The lowest BCUT2D eigenvalue weighted by atomic mass is 10.2. The number of hydrogen-bond acceptors (Lipinski definition) is 4. The Balaban J connectivity index is 2.26. The van der Waals surface area contributed by atoms with Crippen LogP contribution < -0.4 is 0 Å². The molecule has 0 aromatic heterocycles. The van der Waals surface area contributed by atoms with E-state index in [4.69, 9.17) is 13.3 Å². The molecule has 0 fully saturated rings. The van der Waals surface area contributed by atoms with E-state index in [0.717, 1.165) is 25.4 Å². The largest absolute Gasteiger partial charge is 0.500 e. The molecule has 0 saturated heterocycles. The molecule has 1 aliphatic rings. The topological polar surface area (TPSA) is 30.9 Å².